The van der Waals surface area contributed by atoms with Gasteiger partial charge in [-0.25, -0.2) is 4.31 Å². The zero-order valence-corrected chi connectivity index (χ0v) is 16.3. The molecule has 0 aliphatic carbocycles. The molecule has 0 atom stereocenters. The zero-order valence-electron chi connectivity index (χ0n) is 15.5. The van der Waals surface area contributed by atoms with E-state index in [0.29, 0.717) is 22.6 Å². The van der Waals surface area contributed by atoms with E-state index < -0.39 is 11.8 Å². The zero-order chi connectivity index (χ0) is 20.8. The van der Waals surface area contributed by atoms with Crippen LogP contribution in [0.15, 0.2) is 59.5 Å². The fourth-order valence-electron chi connectivity index (χ4n) is 3.53. The van der Waals surface area contributed by atoms with Gasteiger partial charge in [-0.15, -0.1) is 0 Å². The molecule has 2 heterocycles. The van der Waals surface area contributed by atoms with Crippen molar-refractivity contribution in [1.29, 1.82) is 0 Å². The first kappa shape index (κ1) is 18.4. The van der Waals surface area contributed by atoms with Gasteiger partial charge in [-0.1, -0.05) is 18.2 Å². The number of fused-ring (bicyclic) bond motifs is 4. The minimum Gasteiger partial charge on any atom is -0.507 e. The number of nitrogens with zero attached hydrogens (tertiary/aromatic N) is 1. The molecule has 0 aromatic heterocycles. The molecule has 0 saturated carbocycles. The second-order valence-corrected chi connectivity index (χ2v) is 7.66. The van der Waals surface area contributed by atoms with Crippen molar-refractivity contribution < 1.29 is 29.3 Å². The fraction of sp³-hybridized carbons (Fsp3) is 0.0909. The molecule has 2 aliphatic rings. The Bertz CT molecular complexity index is 1170. The number of ether oxygens (including phenoxy) is 2. The monoisotopic (exact) mass is 421 g/mol. The van der Waals surface area contributed by atoms with E-state index in [9.17, 15) is 19.8 Å². The first-order chi connectivity index (χ1) is 14.6. The van der Waals surface area contributed by atoms with Crippen LogP contribution in [0.4, 0.5) is 0 Å². The Morgan fingerprint density at radius 2 is 1.40 bits per heavy atom. The minimum absolute atomic E-state index is 0.0857. The summed E-state index contributed by atoms with van der Waals surface area (Å²) in [6.45, 7) is 0.536. The molecular formula is C22H15NO6S. The van der Waals surface area contributed by atoms with Crippen LogP contribution in [0.5, 0.6) is 23.0 Å². The quantitative estimate of drug-likeness (QED) is 0.479. The van der Waals surface area contributed by atoms with E-state index in [1.165, 1.54) is 6.07 Å². The average Bonchev–Trinajstić information content (AvgIpc) is 2.97. The largest absolute Gasteiger partial charge is 0.507 e. The Kier molecular flexibility index (Phi) is 4.29. The average molecular weight is 421 g/mol. The highest BCUT2D eigenvalue weighted by molar-refractivity contribution is 7.98. The molecule has 0 fully saturated rings. The molecule has 2 N–H and O–H groups in total. The Balaban J connectivity index is 1.60. The Hall–Kier alpha value is -3.65. The molecule has 0 unspecified atom stereocenters. The van der Waals surface area contributed by atoms with Gasteiger partial charge in [0.05, 0.1) is 27.1 Å². The third-order valence-electron chi connectivity index (χ3n) is 4.90. The summed E-state index contributed by atoms with van der Waals surface area (Å²) in [5.41, 5.74) is 1.17. The Morgan fingerprint density at radius 1 is 0.767 bits per heavy atom. The molecule has 0 spiro atoms. The smallest absolute Gasteiger partial charge is 0.272 e. The summed E-state index contributed by atoms with van der Waals surface area (Å²) in [6, 6.07) is 14.6. The summed E-state index contributed by atoms with van der Waals surface area (Å²) >= 11 is 0.822. The van der Waals surface area contributed by atoms with Crippen molar-refractivity contribution in [2.75, 3.05) is 13.2 Å². The third-order valence-corrected chi connectivity index (χ3v) is 5.94. The number of benzene rings is 3. The van der Waals surface area contributed by atoms with E-state index in [-0.39, 0.29) is 40.7 Å². The maximum absolute atomic E-state index is 12.7. The van der Waals surface area contributed by atoms with Gasteiger partial charge in [0.1, 0.15) is 36.2 Å². The van der Waals surface area contributed by atoms with Crippen molar-refractivity contribution in [3.63, 3.8) is 0 Å². The van der Waals surface area contributed by atoms with Crippen molar-refractivity contribution in [2.45, 2.75) is 4.90 Å². The molecule has 7 nitrogen and oxygen atoms in total. The third kappa shape index (κ3) is 2.76. The number of hydrogen-bond donors (Lipinski definition) is 2. The second-order valence-electron chi connectivity index (χ2n) is 6.67. The van der Waals surface area contributed by atoms with Gasteiger partial charge in [0.2, 0.25) is 0 Å². The van der Waals surface area contributed by atoms with Gasteiger partial charge in [0.25, 0.3) is 11.8 Å². The molecule has 2 aliphatic heterocycles. The standard InChI is InChI=1S/C22H15NO6S/c24-14-6-3-7-15-18(14)19-16(29-11-10-28-15)8-9-17(20(19)25)30-23-21(26)12-4-1-2-5-13(12)22(23)27/h1-9,24-25H,10-11H2. The van der Waals surface area contributed by atoms with Gasteiger partial charge in [-0.2, -0.15) is 0 Å². The van der Waals surface area contributed by atoms with E-state index >= 15 is 0 Å². The van der Waals surface area contributed by atoms with Gasteiger partial charge in [-0.05, 0) is 36.4 Å². The SMILES string of the molecule is O=C1c2ccccc2C(=O)N1Sc1ccc2c(c1O)-c1c(O)cccc1OCCO2. The van der Waals surface area contributed by atoms with Gasteiger partial charge >= 0.3 is 0 Å². The van der Waals surface area contributed by atoms with Crippen LogP contribution in [0.1, 0.15) is 20.7 Å². The maximum atomic E-state index is 12.7. The van der Waals surface area contributed by atoms with Crippen molar-refractivity contribution in [3.8, 4) is 34.1 Å². The molecule has 0 radical (unpaired) electrons. The molecule has 5 rings (SSSR count). The normalized spacial score (nSPS) is 14.7. The van der Waals surface area contributed by atoms with Crippen LogP contribution in [0.2, 0.25) is 0 Å². The molecule has 2 amide bonds. The summed E-state index contributed by atoms with van der Waals surface area (Å²) in [7, 11) is 0. The highest BCUT2D eigenvalue weighted by Gasteiger charge is 2.37. The summed E-state index contributed by atoms with van der Waals surface area (Å²) < 4.78 is 12.3. The first-order valence-electron chi connectivity index (χ1n) is 9.16. The van der Waals surface area contributed by atoms with Crippen LogP contribution in [0, 0.1) is 0 Å². The van der Waals surface area contributed by atoms with E-state index in [0.717, 1.165) is 16.3 Å². The van der Waals surface area contributed by atoms with Crippen molar-refractivity contribution in [3.05, 3.63) is 65.7 Å². The van der Waals surface area contributed by atoms with Gasteiger partial charge in [0.15, 0.2) is 0 Å². The molecule has 3 aromatic rings. The van der Waals surface area contributed by atoms with E-state index in [2.05, 4.69) is 0 Å². The Labute approximate surface area is 175 Å². The van der Waals surface area contributed by atoms with Crippen LogP contribution in [-0.2, 0) is 0 Å². The number of rotatable bonds is 2. The number of hydrogen-bond acceptors (Lipinski definition) is 7. The summed E-state index contributed by atoms with van der Waals surface area (Å²) in [4.78, 5) is 25.6. The molecule has 150 valence electrons. The van der Waals surface area contributed by atoms with Crippen molar-refractivity contribution >= 4 is 23.8 Å². The van der Waals surface area contributed by atoms with Crippen LogP contribution in [0.3, 0.4) is 0 Å². The second kappa shape index (κ2) is 7.00. The molecule has 8 heteroatoms. The van der Waals surface area contributed by atoms with E-state index in [1.54, 1.807) is 48.5 Å². The number of carbonyl (C=O) groups excluding carboxylic acids is 2. The predicted octanol–water partition coefficient (Wildman–Crippen LogP) is 3.84. The van der Waals surface area contributed by atoms with Crippen LogP contribution < -0.4 is 9.47 Å². The lowest BCUT2D eigenvalue weighted by atomic mass is 10.0. The number of carbonyl (C=O) groups is 2. The highest BCUT2D eigenvalue weighted by atomic mass is 32.2. The van der Waals surface area contributed by atoms with E-state index in [1.807, 2.05) is 0 Å². The first-order valence-corrected chi connectivity index (χ1v) is 9.93. The number of imide groups is 1. The minimum atomic E-state index is -0.449. The topological polar surface area (TPSA) is 96.3 Å². The number of amides is 2. The molecule has 0 bridgehead atoms. The predicted molar refractivity (Wildman–Crippen MR) is 109 cm³/mol. The lowest BCUT2D eigenvalue weighted by Crippen LogP contribution is -2.22. The Morgan fingerprint density at radius 3 is 2.07 bits per heavy atom. The van der Waals surface area contributed by atoms with E-state index in [4.69, 9.17) is 9.47 Å². The molecule has 3 aromatic carbocycles. The fourth-order valence-corrected chi connectivity index (χ4v) is 4.41. The molecule has 30 heavy (non-hydrogen) atoms. The summed E-state index contributed by atoms with van der Waals surface area (Å²) in [6.07, 6.45) is 0. The summed E-state index contributed by atoms with van der Waals surface area (Å²) in [5.74, 6) is -0.438. The van der Waals surface area contributed by atoms with Crippen LogP contribution >= 0.6 is 11.9 Å². The van der Waals surface area contributed by atoms with Crippen molar-refractivity contribution in [2.24, 2.45) is 0 Å². The van der Waals surface area contributed by atoms with Gasteiger partial charge in [0, 0.05) is 11.9 Å². The van der Waals surface area contributed by atoms with Gasteiger partial charge < -0.3 is 19.7 Å². The summed E-state index contributed by atoms with van der Waals surface area (Å²) in [5, 5.41) is 21.5. The van der Waals surface area contributed by atoms with Crippen molar-refractivity contribution in [1.82, 2.24) is 4.31 Å². The van der Waals surface area contributed by atoms with Crippen LogP contribution in [0.25, 0.3) is 11.1 Å². The molecule has 0 saturated heterocycles. The van der Waals surface area contributed by atoms with Gasteiger partial charge in [-0.3, -0.25) is 9.59 Å². The van der Waals surface area contributed by atoms with Crippen LogP contribution in [-0.4, -0.2) is 39.5 Å². The number of phenols is 2. The maximum Gasteiger partial charge on any atom is 0.272 e. The highest BCUT2D eigenvalue weighted by Crippen LogP contribution is 2.51. The number of aromatic hydroxyl groups is 2. The number of phenolic OH excluding ortho intramolecular Hbond substituents is 2. The lowest BCUT2D eigenvalue weighted by molar-refractivity contribution is 0.0777. The molecular weight excluding hydrogens is 406 g/mol. The lowest BCUT2D eigenvalue weighted by Gasteiger charge is -2.22.